The number of carbonyl (C=O) groups excluding carboxylic acids is 2. The molecule has 0 amide bonds. The average molecular weight is 1250 g/mol. The summed E-state index contributed by atoms with van der Waals surface area (Å²) in [4.78, 5) is 38.1. The quantitative estimate of drug-likeness (QED) is 0.0195. The van der Waals surface area contributed by atoms with E-state index in [1.54, 1.807) is 0 Å². The van der Waals surface area contributed by atoms with Gasteiger partial charge in [-0.3, -0.25) is 14.2 Å². The van der Waals surface area contributed by atoms with Gasteiger partial charge in [-0.25, -0.2) is 0 Å². The molecule has 518 valence electrons. The SMILES string of the molecule is CCCCCCCCCC/C=C\CCCCCCCCCCCCCCCCCCCCCC(=O)OC(COC(=O)CCCCCCCCCCCCCCCCCCCCCCCCCCCCCCCCCC)COP(=O)([O-])OCC[N+](C)(C)C. The van der Waals surface area contributed by atoms with Crippen LogP contribution in [0.5, 0.6) is 0 Å². The third kappa shape index (κ3) is 73.7. The number of phosphoric ester groups is 1. The van der Waals surface area contributed by atoms with Gasteiger partial charge in [0, 0.05) is 12.8 Å². The van der Waals surface area contributed by atoms with Crippen molar-refractivity contribution >= 4 is 19.8 Å². The highest BCUT2D eigenvalue weighted by Crippen LogP contribution is 2.38. The Balaban J connectivity index is 3.92. The van der Waals surface area contributed by atoms with Gasteiger partial charge in [-0.15, -0.1) is 0 Å². The number of ether oxygens (including phenoxy) is 2. The molecule has 87 heavy (non-hydrogen) atoms. The van der Waals surface area contributed by atoms with Gasteiger partial charge < -0.3 is 27.9 Å². The predicted molar refractivity (Wildman–Crippen MR) is 375 cm³/mol. The van der Waals surface area contributed by atoms with Crippen LogP contribution in [-0.2, 0) is 32.7 Å². The number of rotatable bonds is 74. The lowest BCUT2D eigenvalue weighted by atomic mass is 10.0. The molecular weight excluding hydrogens is 1100 g/mol. The number of hydrogen-bond acceptors (Lipinski definition) is 8. The molecule has 0 N–H and O–H groups in total. The molecule has 0 aromatic carbocycles. The topological polar surface area (TPSA) is 111 Å². The highest BCUT2D eigenvalue weighted by Gasteiger charge is 2.22. The highest BCUT2D eigenvalue weighted by atomic mass is 31.2. The lowest BCUT2D eigenvalue weighted by molar-refractivity contribution is -0.870. The molecule has 0 aromatic heterocycles. The third-order valence-corrected chi connectivity index (χ3v) is 19.0. The van der Waals surface area contributed by atoms with Crippen LogP contribution in [0.4, 0.5) is 0 Å². The Kier molecular flexibility index (Phi) is 68.1. The van der Waals surface area contributed by atoms with Crippen molar-refractivity contribution in [2.75, 3.05) is 47.5 Å². The molecule has 0 spiro atoms. The van der Waals surface area contributed by atoms with Crippen molar-refractivity contribution in [1.82, 2.24) is 0 Å². The molecule has 0 bridgehead atoms. The smallest absolute Gasteiger partial charge is 0.306 e. The first kappa shape index (κ1) is 85.8. The molecule has 2 unspecified atom stereocenters. The maximum absolute atomic E-state index is 12.9. The average Bonchev–Trinajstić information content (AvgIpc) is 3.62. The van der Waals surface area contributed by atoms with E-state index in [4.69, 9.17) is 18.5 Å². The summed E-state index contributed by atoms with van der Waals surface area (Å²) in [5.41, 5.74) is 0. The summed E-state index contributed by atoms with van der Waals surface area (Å²) in [6.45, 7) is 4.34. The van der Waals surface area contributed by atoms with Crippen LogP contribution in [-0.4, -0.2) is 70.0 Å². The molecule has 2 atom stereocenters. The first-order chi connectivity index (χ1) is 42.5. The van der Waals surface area contributed by atoms with Gasteiger partial charge in [-0.05, 0) is 38.5 Å². The first-order valence-electron chi connectivity index (χ1n) is 38.9. The minimum atomic E-state index is -4.64. The monoisotopic (exact) mass is 1250 g/mol. The van der Waals surface area contributed by atoms with Gasteiger partial charge in [0.25, 0.3) is 7.82 Å². The summed E-state index contributed by atoms with van der Waals surface area (Å²) in [6, 6.07) is 0. The van der Waals surface area contributed by atoms with E-state index in [-0.39, 0.29) is 32.0 Å². The zero-order chi connectivity index (χ0) is 63.4. The Morgan fingerprint density at radius 1 is 0.345 bits per heavy atom. The molecule has 9 nitrogen and oxygen atoms in total. The van der Waals surface area contributed by atoms with Crippen LogP contribution in [0.25, 0.3) is 0 Å². The van der Waals surface area contributed by atoms with Gasteiger partial charge in [0.2, 0.25) is 0 Å². The van der Waals surface area contributed by atoms with E-state index in [1.807, 2.05) is 21.1 Å². The molecule has 0 saturated carbocycles. The normalized spacial score (nSPS) is 13.0. The van der Waals surface area contributed by atoms with E-state index in [0.717, 1.165) is 32.1 Å². The summed E-state index contributed by atoms with van der Waals surface area (Å²) >= 11 is 0. The van der Waals surface area contributed by atoms with Gasteiger partial charge in [0.1, 0.15) is 19.8 Å². The Hall–Kier alpha value is -1.25. The number of quaternary nitrogens is 1. The lowest BCUT2D eigenvalue weighted by Gasteiger charge is -2.28. The van der Waals surface area contributed by atoms with Crippen molar-refractivity contribution in [3.05, 3.63) is 12.2 Å². The van der Waals surface area contributed by atoms with Crippen molar-refractivity contribution in [2.45, 2.75) is 424 Å². The summed E-state index contributed by atoms with van der Waals surface area (Å²) < 4.78 is 34.4. The number of carbonyl (C=O) groups is 2. The maximum atomic E-state index is 12.9. The first-order valence-corrected chi connectivity index (χ1v) is 40.4. The molecule has 0 aromatic rings. The summed E-state index contributed by atoms with van der Waals surface area (Å²) in [7, 11) is 1.20. The number of esters is 2. The minimum absolute atomic E-state index is 0.0257. The molecule has 0 heterocycles. The number of phosphoric acid groups is 1. The van der Waals surface area contributed by atoms with Crippen molar-refractivity contribution in [2.24, 2.45) is 0 Å². The Labute approximate surface area is 543 Å². The molecule has 0 fully saturated rings. The fraction of sp³-hybridized carbons (Fsp3) is 0.948. The van der Waals surface area contributed by atoms with Crippen LogP contribution in [0.15, 0.2) is 12.2 Å². The van der Waals surface area contributed by atoms with Crippen LogP contribution in [0.2, 0.25) is 0 Å². The Morgan fingerprint density at radius 3 is 0.851 bits per heavy atom. The zero-order valence-corrected chi connectivity index (χ0v) is 60.2. The molecule has 0 aliphatic rings. The number of likely N-dealkylation sites (N-methyl/N-ethyl adjacent to an activating group) is 1. The number of hydrogen-bond donors (Lipinski definition) is 0. The second-order valence-electron chi connectivity index (χ2n) is 28.1. The van der Waals surface area contributed by atoms with Gasteiger partial charge in [0.15, 0.2) is 6.10 Å². The zero-order valence-electron chi connectivity index (χ0n) is 59.3. The molecular formula is C77H152NO8P. The van der Waals surface area contributed by atoms with Crippen LogP contribution >= 0.6 is 7.82 Å². The van der Waals surface area contributed by atoms with Crippen molar-refractivity contribution < 1.29 is 42.1 Å². The number of unbranched alkanes of at least 4 members (excludes halogenated alkanes) is 58. The van der Waals surface area contributed by atoms with Crippen LogP contribution in [0, 0.1) is 0 Å². The second kappa shape index (κ2) is 69.1. The van der Waals surface area contributed by atoms with E-state index in [9.17, 15) is 19.0 Å². The second-order valence-corrected chi connectivity index (χ2v) is 29.5. The third-order valence-electron chi connectivity index (χ3n) is 18.0. The van der Waals surface area contributed by atoms with Gasteiger partial charge in [0.05, 0.1) is 27.7 Å². The van der Waals surface area contributed by atoms with Crippen molar-refractivity contribution in [3.8, 4) is 0 Å². The molecule has 0 aliphatic heterocycles. The molecule has 0 saturated heterocycles. The lowest BCUT2D eigenvalue weighted by Crippen LogP contribution is -2.37. The fourth-order valence-corrected chi connectivity index (χ4v) is 12.8. The number of allylic oxidation sites excluding steroid dienone is 2. The largest absolute Gasteiger partial charge is 0.756 e. The minimum Gasteiger partial charge on any atom is -0.756 e. The molecule has 0 aliphatic carbocycles. The molecule has 0 radical (unpaired) electrons. The molecule has 0 rings (SSSR count). The summed E-state index contributed by atoms with van der Waals surface area (Å²) in [5, 5.41) is 0. The summed E-state index contributed by atoms with van der Waals surface area (Å²) in [5.74, 6) is -0.804. The predicted octanol–water partition coefficient (Wildman–Crippen LogP) is 24.8. The Morgan fingerprint density at radius 2 is 0.586 bits per heavy atom. The standard InChI is InChI=1S/C77H152NO8P/c1-6-8-10-12-14-16-18-20-22-24-26-28-30-32-34-36-38-40-41-43-45-47-49-51-53-55-57-59-61-63-65-67-69-76(79)83-73-75(74-85-87(81,82)84-72-71-78(3,4)5)86-77(80)70-68-66-64-62-60-58-56-54-52-50-48-46-44-42-39-37-35-33-31-29-27-25-23-21-19-17-15-13-11-9-7-2/h25,27,75H,6-24,26,28-74H2,1-5H3/b27-25-. The van der Waals surface area contributed by atoms with Gasteiger partial charge in [-0.1, -0.05) is 379 Å². The van der Waals surface area contributed by atoms with Crippen LogP contribution in [0.1, 0.15) is 418 Å². The van der Waals surface area contributed by atoms with E-state index in [2.05, 4.69) is 26.0 Å². The van der Waals surface area contributed by atoms with E-state index >= 15 is 0 Å². The van der Waals surface area contributed by atoms with Crippen molar-refractivity contribution in [3.63, 3.8) is 0 Å². The maximum Gasteiger partial charge on any atom is 0.306 e. The van der Waals surface area contributed by atoms with Crippen LogP contribution < -0.4 is 4.89 Å². The fourth-order valence-electron chi connectivity index (χ4n) is 12.1. The highest BCUT2D eigenvalue weighted by molar-refractivity contribution is 7.45. The van der Waals surface area contributed by atoms with E-state index < -0.39 is 26.5 Å². The Bertz CT molecular complexity index is 1470. The van der Waals surface area contributed by atoms with Gasteiger partial charge in [-0.2, -0.15) is 0 Å². The van der Waals surface area contributed by atoms with Crippen LogP contribution in [0.3, 0.4) is 0 Å². The van der Waals surface area contributed by atoms with E-state index in [0.29, 0.717) is 17.4 Å². The van der Waals surface area contributed by atoms with Crippen molar-refractivity contribution in [1.29, 1.82) is 0 Å². The van der Waals surface area contributed by atoms with Gasteiger partial charge >= 0.3 is 11.9 Å². The van der Waals surface area contributed by atoms with E-state index in [1.165, 1.54) is 353 Å². The number of nitrogens with zero attached hydrogens (tertiary/aromatic N) is 1. The summed E-state index contributed by atoms with van der Waals surface area (Å²) in [6.07, 6.45) is 86.2. The molecule has 10 heteroatoms.